The van der Waals surface area contributed by atoms with Crippen LogP contribution in [0.4, 0.5) is 0 Å². The second kappa shape index (κ2) is 3.59. The van der Waals surface area contributed by atoms with E-state index in [0.29, 0.717) is 0 Å². The number of imidazole rings is 1. The van der Waals surface area contributed by atoms with Crippen molar-refractivity contribution in [1.82, 2.24) is 9.38 Å². The van der Waals surface area contributed by atoms with Crippen LogP contribution < -0.4 is 5.73 Å². The van der Waals surface area contributed by atoms with Crippen LogP contribution in [-0.4, -0.2) is 9.38 Å². The normalized spacial score (nSPS) is 14.3. The van der Waals surface area contributed by atoms with Crippen molar-refractivity contribution in [3.8, 4) is 0 Å². The van der Waals surface area contributed by atoms with E-state index >= 15 is 0 Å². The van der Waals surface area contributed by atoms with E-state index in [9.17, 15) is 0 Å². The van der Waals surface area contributed by atoms with Crippen LogP contribution in [0, 0.1) is 0 Å². The van der Waals surface area contributed by atoms with Crippen LogP contribution in [0.2, 0.25) is 0 Å². The zero-order valence-electron chi connectivity index (χ0n) is 10.4. The Morgan fingerprint density at radius 1 is 1.31 bits per heavy atom. The van der Waals surface area contributed by atoms with Crippen molar-refractivity contribution < 1.29 is 0 Å². The van der Waals surface area contributed by atoms with Crippen LogP contribution in [-0.2, 0) is 5.41 Å². The molecule has 2 N–H and O–H groups in total. The molecule has 16 heavy (non-hydrogen) atoms. The summed E-state index contributed by atoms with van der Waals surface area (Å²) in [6, 6.07) is 6.08. The lowest BCUT2D eigenvalue weighted by molar-refractivity contribution is 0.540. The van der Waals surface area contributed by atoms with Gasteiger partial charge in [-0.15, -0.1) is 0 Å². The number of pyridine rings is 1. The number of nitrogens with two attached hydrogens (primary N) is 1. The van der Waals surface area contributed by atoms with Crippen LogP contribution in [0.5, 0.6) is 0 Å². The van der Waals surface area contributed by atoms with Crippen molar-refractivity contribution >= 4 is 5.52 Å². The van der Waals surface area contributed by atoms with E-state index in [1.807, 2.05) is 19.1 Å². The maximum Gasteiger partial charge on any atom is 0.119 e. The quantitative estimate of drug-likeness (QED) is 0.798. The van der Waals surface area contributed by atoms with Gasteiger partial charge in [0, 0.05) is 17.7 Å². The van der Waals surface area contributed by atoms with E-state index in [2.05, 4.69) is 37.4 Å². The zero-order chi connectivity index (χ0) is 11.9. The third-order valence-electron chi connectivity index (χ3n) is 2.68. The standard InChI is InChI=1S/C13H19N3/c1-9(14)11-10-7-5-6-8-16(10)12(15-11)13(2,3)4/h5-9H,14H2,1-4H3. The van der Waals surface area contributed by atoms with Gasteiger partial charge in [0.25, 0.3) is 0 Å². The number of fused-ring (bicyclic) bond motifs is 1. The Bertz CT molecular complexity index is 503. The average molecular weight is 217 g/mol. The van der Waals surface area contributed by atoms with Gasteiger partial charge >= 0.3 is 0 Å². The SMILES string of the molecule is CC(N)c1nc(C(C)(C)C)n2ccccc12. The fraction of sp³-hybridized carbons (Fsp3) is 0.462. The summed E-state index contributed by atoms with van der Waals surface area (Å²) in [6.45, 7) is 8.47. The first kappa shape index (κ1) is 11.1. The molecule has 2 heterocycles. The first-order valence-corrected chi connectivity index (χ1v) is 5.64. The fourth-order valence-corrected chi connectivity index (χ4v) is 1.93. The monoisotopic (exact) mass is 217 g/mol. The summed E-state index contributed by atoms with van der Waals surface area (Å²) in [5.41, 5.74) is 8.08. The van der Waals surface area contributed by atoms with E-state index in [4.69, 9.17) is 10.7 Å². The lowest BCUT2D eigenvalue weighted by Crippen LogP contribution is -2.16. The van der Waals surface area contributed by atoms with E-state index < -0.39 is 0 Å². The lowest BCUT2D eigenvalue weighted by atomic mass is 9.96. The molecular formula is C13H19N3. The van der Waals surface area contributed by atoms with E-state index in [1.54, 1.807) is 0 Å². The van der Waals surface area contributed by atoms with Crippen LogP contribution in [0.1, 0.15) is 45.3 Å². The predicted molar refractivity (Wildman–Crippen MR) is 66.5 cm³/mol. The van der Waals surface area contributed by atoms with Gasteiger partial charge < -0.3 is 10.1 Å². The molecule has 0 spiro atoms. The number of hydrogen-bond donors (Lipinski definition) is 1. The van der Waals surface area contributed by atoms with Gasteiger partial charge in [-0.3, -0.25) is 0 Å². The molecule has 2 aromatic rings. The van der Waals surface area contributed by atoms with Crippen molar-refractivity contribution in [1.29, 1.82) is 0 Å². The topological polar surface area (TPSA) is 43.3 Å². The van der Waals surface area contributed by atoms with Crippen LogP contribution in [0.15, 0.2) is 24.4 Å². The van der Waals surface area contributed by atoms with E-state index in [-0.39, 0.29) is 11.5 Å². The Labute approximate surface area is 96.3 Å². The minimum atomic E-state index is -0.0338. The van der Waals surface area contributed by atoms with Crippen LogP contribution in [0.3, 0.4) is 0 Å². The van der Waals surface area contributed by atoms with Gasteiger partial charge in [-0.2, -0.15) is 0 Å². The number of aromatic nitrogens is 2. The molecular weight excluding hydrogens is 198 g/mol. The highest BCUT2D eigenvalue weighted by molar-refractivity contribution is 5.55. The molecule has 0 fully saturated rings. The summed E-state index contributed by atoms with van der Waals surface area (Å²) in [5, 5.41) is 0. The smallest absolute Gasteiger partial charge is 0.119 e. The predicted octanol–water partition coefficient (Wildman–Crippen LogP) is 2.65. The average Bonchev–Trinajstić information content (AvgIpc) is 2.56. The number of hydrogen-bond acceptors (Lipinski definition) is 2. The Hall–Kier alpha value is -1.35. The molecule has 0 aliphatic heterocycles. The largest absolute Gasteiger partial charge is 0.323 e. The van der Waals surface area contributed by atoms with Crippen LogP contribution >= 0.6 is 0 Å². The molecule has 0 aliphatic carbocycles. The summed E-state index contributed by atoms with van der Waals surface area (Å²) >= 11 is 0. The number of rotatable bonds is 1. The van der Waals surface area contributed by atoms with Gasteiger partial charge in [0.15, 0.2) is 0 Å². The fourth-order valence-electron chi connectivity index (χ4n) is 1.93. The summed E-state index contributed by atoms with van der Waals surface area (Å²) in [7, 11) is 0. The second-order valence-electron chi connectivity index (χ2n) is 5.32. The molecule has 2 aromatic heterocycles. The second-order valence-corrected chi connectivity index (χ2v) is 5.32. The van der Waals surface area contributed by atoms with E-state index in [0.717, 1.165) is 17.0 Å². The molecule has 0 aliphatic rings. The van der Waals surface area contributed by atoms with Gasteiger partial charge in [0.2, 0.25) is 0 Å². The van der Waals surface area contributed by atoms with Gasteiger partial charge in [-0.1, -0.05) is 26.8 Å². The molecule has 0 amide bonds. The molecule has 0 saturated carbocycles. The van der Waals surface area contributed by atoms with Crippen molar-refractivity contribution in [2.24, 2.45) is 5.73 Å². The minimum Gasteiger partial charge on any atom is -0.323 e. The first-order valence-electron chi connectivity index (χ1n) is 5.64. The van der Waals surface area contributed by atoms with Crippen molar-refractivity contribution in [3.63, 3.8) is 0 Å². The van der Waals surface area contributed by atoms with Gasteiger partial charge in [-0.05, 0) is 19.1 Å². The van der Waals surface area contributed by atoms with Crippen LogP contribution in [0.25, 0.3) is 5.52 Å². The minimum absolute atomic E-state index is 0.0252. The Kier molecular flexibility index (Phi) is 2.50. The van der Waals surface area contributed by atoms with Gasteiger partial charge in [0.05, 0.1) is 11.2 Å². The molecule has 0 saturated heterocycles. The highest BCUT2D eigenvalue weighted by atomic mass is 15.0. The maximum absolute atomic E-state index is 5.96. The molecule has 0 radical (unpaired) electrons. The van der Waals surface area contributed by atoms with Crippen molar-refractivity contribution in [2.45, 2.75) is 39.2 Å². The Morgan fingerprint density at radius 2 is 2.00 bits per heavy atom. The molecule has 2 rings (SSSR count). The molecule has 1 unspecified atom stereocenters. The lowest BCUT2D eigenvalue weighted by Gasteiger charge is -2.16. The van der Waals surface area contributed by atoms with Gasteiger partial charge in [-0.25, -0.2) is 4.98 Å². The highest BCUT2D eigenvalue weighted by Crippen LogP contribution is 2.26. The Morgan fingerprint density at radius 3 is 2.56 bits per heavy atom. The molecule has 3 heteroatoms. The summed E-state index contributed by atoms with van der Waals surface area (Å²) in [4.78, 5) is 4.70. The molecule has 0 bridgehead atoms. The third kappa shape index (κ3) is 1.71. The van der Waals surface area contributed by atoms with Crippen molar-refractivity contribution in [2.75, 3.05) is 0 Å². The molecule has 86 valence electrons. The van der Waals surface area contributed by atoms with E-state index in [1.165, 1.54) is 0 Å². The Balaban J connectivity index is 2.77. The summed E-state index contributed by atoms with van der Waals surface area (Å²) in [5.74, 6) is 1.07. The van der Waals surface area contributed by atoms with Crippen molar-refractivity contribution in [3.05, 3.63) is 35.9 Å². The molecule has 3 nitrogen and oxygen atoms in total. The number of nitrogens with zero attached hydrogens (tertiary/aromatic N) is 2. The molecule has 1 atom stereocenters. The highest BCUT2D eigenvalue weighted by Gasteiger charge is 2.23. The third-order valence-corrected chi connectivity index (χ3v) is 2.68. The molecule has 0 aromatic carbocycles. The maximum atomic E-state index is 5.96. The zero-order valence-corrected chi connectivity index (χ0v) is 10.4. The van der Waals surface area contributed by atoms with Gasteiger partial charge in [0.1, 0.15) is 5.82 Å². The first-order chi connectivity index (χ1) is 7.41. The summed E-state index contributed by atoms with van der Waals surface area (Å²) < 4.78 is 2.14. The summed E-state index contributed by atoms with van der Waals surface area (Å²) in [6.07, 6.45) is 2.05.